The van der Waals surface area contributed by atoms with E-state index in [4.69, 9.17) is 0 Å². The van der Waals surface area contributed by atoms with Crippen molar-refractivity contribution >= 4 is 17.5 Å². The SMILES string of the molecule is CSCCN(C)CC(=O)Cc1ccccc1F. The van der Waals surface area contributed by atoms with Gasteiger partial charge < -0.3 is 0 Å². The molecule has 2 nitrogen and oxygen atoms in total. The van der Waals surface area contributed by atoms with Crippen LogP contribution in [0.2, 0.25) is 0 Å². The molecule has 1 aromatic rings. The summed E-state index contributed by atoms with van der Waals surface area (Å²) in [5, 5.41) is 0. The second-order valence-electron chi connectivity index (χ2n) is 4.04. The van der Waals surface area contributed by atoms with Crippen LogP contribution < -0.4 is 0 Å². The van der Waals surface area contributed by atoms with Gasteiger partial charge in [-0.15, -0.1) is 0 Å². The maximum absolute atomic E-state index is 13.3. The van der Waals surface area contributed by atoms with Gasteiger partial charge in [-0.25, -0.2) is 4.39 Å². The Hall–Kier alpha value is -0.870. The van der Waals surface area contributed by atoms with E-state index < -0.39 is 0 Å². The van der Waals surface area contributed by atoms with Gasteiger partial charge in [-0.05, 0) is 24.9 Å². The van der Waals surface area contributed by atoms with Crippen molar-refractivity contribution in [2.24, 2.45) is 0 Å². The van der Waals surface area contributed by atoms with Crippen molar-refractivity contribution in [1.82, 2.24) is 4.90 Å². The highest BCUT2D eigenvalue weighted by Crippen LogP contribution is 2.07. The molecule has 0 aliphatic heterocycles. The maximum atomic E-state index is 13.3. The van der Waals surface area contributed by atoms with E-state index in [9.17, 15) is 9.18 Å². The third-order valence-corrected chi connectivity index (χ3v) is 3.06. The van der Waals surface area contributed by atoms with Crippen molar-refractivity contribution in [3.63, 3.8) is 0 Å². The molecule has 0 saturated carbocycles. The number of hydrogen-bond donors (Lipinski definition) is 0. The van der Waals surface area contributed by atoms with Crippen molar-refractivity contribution < 1.29 is 9.18 Å². The molecule has 0 aliphatic rings. The fourth-order valence-electron chi connectivity index (χ4n) is 1.54. The summed E-state index contributed by atoms with van der Waals surface area (Å²) in [4.78, 5) is 13.7. The molecule has 0 aliphatic carbocycles. The minimum atomic E-state index is -0.299. The lowest BCUT2D eigenvalue weighted by molar-refractivity contribution is -0.119. The number of rotatable bonds is 7. The van der Waals surface area contributed by atoms with Crippen LogP contribution in [0.5, 0.6) is 0 Å². The predicted molar refractivity (Wildman–Crippen MR) is 71.0 cm³/mol. The molecule has 4 heteroatoms. The van der Waals surface area contributed by atoms with Crippen LogP contribution in [0.15, 0.2) is 24.3 Å². The first kappa shape index (κ1) is 14.2. The molecule has 0 bridgehead atoms. The predicted octanol–water partition coefficient (Wildman–Crippen LogP) is 2.23. The molecule has 0 amide bonds. The summed E-state index contributed by atoms with van der Waals surface area (Å²) in [6.45, 7) is 1.26. The lowest BCUT2D eigenvalue weighted by Crippen LogP contribution is -2.29. The molecular formula is C13H18FNOS. The largest absolute Gasteiger partial charge is 0.298 e. The molecule has 94 valence electrons. The summed E-state index contributed by atoms with van der Waals surface area (Å²) in [7, 11) is 1.91. The fraction of sp³-hybridized carbons (Fsp3) is 0.462. The van der Waals surface area contributed by atoms with Gasteiger partial charge in [0.1, 0.15) is 5.82 Å². The molecule has 17 heavy (non-hydrogen) atoms. The molecule has 0 spiro atoms. The van der Waals surface area contributed by atoms with Gasteiger partial charge in [-0.2, -0.15) is 11.8 Å². The van der Waals surface area contributed by atoms with E-state index in [2.05, 4.69) is 0 Å². The second kappa shape index (κ2) is 7.45. The van der Waals surface area contributed by atoms with E-state index in [0.29, 0.717) is 12.1 Å². The number of ketones is 1. The van der Waals surface area contributed by atoms with Crippen LogP contribution in [-0.4, -0.2) is 42.8 Å². The summed E-state index contributed by atoms with van der Waals surface area (Å²) in [6, 6.07) is 6.44. The molecule has 0 saturated heterocycles. The highest BCUT2D eigenvalue weighted by molar-refractivity contribution is 7.98. The number of nitrogens with zero attached hydrogens (tertiary/aromatic N) is 1. The van der Waals surface area contributed by atoms with Gasteiger partial charge in [0.05, 0.1) is 6.54 Å². The summed E-state index contributed by atoms with van der Waals surface area (Å²) < 4.78 is 13.3. The Bertz CT molecular complexity index is 370. The monoisotopic (exact) mass is 255 g/mol. The molecule has 0 N–H and O–H groups in total. The van der Waals surface area contributed by atoms with E-state index in [1.165, 1.54) is 6.07 Å². The Morgan fingerprint density at radius 1 is 1.41 bits per heavy atom. The highest BCUT2D eigenvalue weighted by atomic mass is 32.2. The van der Waals surface area contributed by atoms with E-state index in [1.54, 1.807) is 30.0 Å². The van der Waals surface area contributed by atoms with Crippen LogP contribution in [0, 0.1) is 5.82 Å². The molecule has 1 rings (SSSR count). The molecule has 0 aromatic heterocycles. The molecular weight excluding hydrogens is 237 g/mol. The number of likely N-dealkylation sites (N-methyl/N-ethyl adjacent to an activating group) is 1. The standard InChI is InChI=1S/C13H18FNOS/c1-15(7-8-17-2)10-12(16)9-11-5-3-4-6-13(11)14/h3-6H,7-10H2,1-2H3. The molecule has 0 unspecified atom stereocenters. The number of thioether (sulfide) groups is 1. The van der Waals surface area contributed by atoms with Gasteiger partial charge in [0.15, 0.2) is 5.78 Å². The van der Waals surface area contributed by atoms with Crippen LogP contribution >= 0.6 is 11.8 Å². The summed E-state index contributed by atoms with van der Waals surface area (Å²) >= 11 is 1.75. The summed E-state index contributed by atoms with van der Waals surface area (Å²) in [6.07, 6.45) is 2.21. The average molecular weight is 255 g/mol. The van der Waals surface area contributed by atoms with Crippen molar-refractivity contribution in [3.05, 3.63) is 35.6 Å². The first-order valence-electron chi connectivity index (χ1n) is 5.56. The van der Waals surface area contributed by atoms with E-state index in [-0.39, 0.29) is 18.0 Å². The second-order valence-corrected chi connectivity index (χ2v) is 5.02. The zero-order valence-electron chi connectivity index (χ0n) is 10.3. The minimum Gasteiger partial charge on any atom is -0.298 e. The third-order valence-electron chi connectivity index (χ3n) is 2.47. The lowest BCUT2D eigenvalue weighted by Gasteiger charge is -2.14. The minimum absolute atomic E-state index is 0.0544. The molecule has 0 heterocycles. The van der Waals surface area contributed by atoms with Crippen molar-refractivity contribution in [3.8, 4) is 0 Å². The van der Waals surface area contributed by atoms with E-state index >= 15 is 0 Å². The Morgan fingerprint density at radius 2 is 2.12 bits per heavy atom. The molecule has 1 aromatic carbocycles. The molecule has 0 fully saturated rings. The van der Waals surface area contributed by atoms with Crippen molar-refractivity contribution in [1.29, 1.82) is 0 Å². The number of halogens is 1. The van der Waals surface area contributed by atoms with Crippen molar-refractivity contribution in [2.45, 2.75) is 6.42 Å². The number of benzene rings is 1. The van der Waals surface area contributed by atoms with E-state index in [1.807, 2.05) is 18.2 Å². The van der Waals surface area contributed by atoms with Crippen molar-refractivity contribution in [2.75, 3.05) is 32.1 Å². The zero-order chi connectivity index (χ0) is 12.7. The van der Waals surface area contributed by atoms with Crippen LogP contribution in [0.1, 0.15) is 5.56 Å². The number of carbonyl (C=O) groups is 1. The molecule has 0 atom stereocenters. The number of Topliss-reactive ketones (excluding diaryl/α,β-unsaturated/α-hetero) is 1. The van der Waals surface area contributed by atoms with E-state index in [0.717, 1.165) is 12.3 Å². The van der Waals surface area contributed by atoms with Crippen LogP contribution in [0.3, 0.4) is 0 Å². The first-order chi connectivity index (χ1) is 8.13. The molecule has 0 radical (unpaired) electrons. The topological polar surface area (TPSA) is 20.3 Å². The van der Waals surface area contributed by atoms with Gasteiger partial charge in [-0.1, -0.05) is 18.2 Å². The van der Waals surface area contributed by atoms with Gasteiger partial charge in [0.25, 0.3) is 0 Å². The summed E-state index contributed by atoms with van der Waals surface area (Å²) in [5.74, 6) is 0.759. The first-order valence-corrected chi connectivity index (χ1v) is 6.95. The van der Waals surface area contributed by atoms with Gasteiger partial charge in [-0.3, -0.25) is 9.69 Å². The zero-order valence-corrected chi connectivity index (χ0v) is 11.1. The quantitative estimate of drug-likeness (QED) is 0.745. The van der Waals surface area contributed by atoms with Crippen LogP contribution in [0.4, 0.5) is 4.39 Å². The summed E-state index contributed by atoms with van der Waals surface area (Å²) in [5.41, 5.74) is 0.482. The Balaban J connectivity index is 2.42. The number of hydrogen-bond acceptors (Lipinski definition) is 3. The highest BCUT2D eigenvalue weighted by Gasteiger charge is 2.09. The normalized spacial score (nSPS) is 10.8. The Labute approximate surface area is 106 Å². The smallest absolute Gasteiger partial charge is 0.151 e. The fourth-order valence-corrected chi connectivity index (χ4v) is 2.03. The lowest BCUT2D eigenvalue weighted by atomic mass is 10.1. The number of carbonyl (C=O) groups excluding carboxylic acids is 1. The maximum Gasteiger partial charge on any atom is 0.151 e. The average Bonchev–Trinajstić information content (AvgIpc) is 2.29. The van der Waals surface area contributed by atoms with Gasteiger partial charge >= 0.3 is 0 Å². The third kappa shape index (κ3) is 5.33. The van der Waals surface area contributed by atoms with Crippen LogP contribution in [0.25, 0.3) is 0 Å². The van der Waals surface area contributed by atoms with Gasteiger partial charge in [0.2, 0.25) is 0 Å². The Morgan fingerprint density at radius 3 is 2.76 bits per heavy atom. The van der Waals surface area contributed by atoms with Gasteiger partial charge in [0, 0.05) is 18.7 Å². The Kier molecular flexibility index (Phi) is 6.22. The van der Waals surface area contributed by atoms with Crippen LogP contribution in [-0.2, 0) is 11.2 Å².